The number of carbonyl (C=O) groups is 1. The minimum absolute atomic E-state index is 0.150. The molecule has 1 amide bonds. The molecule has 1 aliphatic heterocycles. The summed E-state index contributed by atoms with van der Waals surface area (Å²) in [5, 5.41) is 3.12. The average Bonchev–Trinajstić information content (AvgIpc) is 2.69. The molecule has 0 aromatic carbocycles. The van der Waals surface area contributed by atoms with Gasteiger partial charge in [-0.05, 0) is 25.3 Å². The van der Waals surface area contributed by atoms with E-state index < -0.39 is 0 Å². The summed E-state index contributed by atoms with van der Waals surface area (Å²) in [6, 6.07) is 0. The van der Waals surface area contributed by atoms with E-state index in [0.29, 0.717) is 12.5 Å². The number of nitrogens with one attached hydrogen (secondary N) is 1. The van der Waals surface area contributed by atoms with E-state index in [0.717, 1.165) is 26.1 Å². The summed E-state index contributed by atoms with van der Waals surface area (Å²) >= 11 is 0. The second-order valence-corrected chi connectivity index (χ2v) is 6.27. The molecule has 1 saturated carbocycles. The molecule has 18 heavy (non-hydrogen) atoms. The molecule has 4 heteroatoms. The number of ether oxygens (including phenoxy) is 1. The van der Waals surface area contributed by atoms with Gasteiger partial charge in [0.25, 0.3) is 0 Å². The largest absolute Gasteiger partial charge is 0.373 e. The highest BCUT2D eigenvalue weighted by molar-refractivity contribution is 5.80. The molecule has 0 aromatic heterocycles. The van der Waals surface area contributed by atoms with Crippen LogP contribution in [0.5, 0.6) is 0 Å². The molecule has 2 rings (SSSR count). The zero-order valence-electron chi connectivity index (χ0n) is 11.9. The Kier molecular flexibility index (Phi) is 4.28. The van der Waals surface area contributed by atoms with E-state index in [9.17, 15) is 4.79 Å². The van der Waals surface area contributed by atoms with E-state index in [4.69, 9.17) is 4.74 Å². The van der Waals surface area contributed by atoms with E-state index in [1.807, 2.05) is 11.9 Å². The summed E-state index contributed by atoms with van der Waals surface area (Å²) < 4.78 is 5.66. The van der Waals surface area contributed by atoms with Crippen LogP contribution in [0, 0.1) is 11.3 Å². The van der Waals surface area contributed by atoms with Gasteiger partial charge in [-0.15, -0.1) is 0 Å². The van der Waals surface area contributed by atoms with E-state index in [-0.39, 0.29) is 17.4 Å². The van der Waals surface area contributed by atoms with Crippen molar-refractivity contribution in [1.82, 2.24) is 10.2 Å². The fourth-order valence-corrected chi connectivity index (χ4v) is 3.28. The Bertz CT molecular complexity index is 302. The third-order valence-corrected chi connectivity index (χ3v) is 4.44. The van der Waals surface area contributed by atoms with E-state index in [2.05, 4.69) is 19.2 Å². The zero-order chi connectivity index (χ0) is 13.2. The minimum atomic E-state index is 0.150. The predicted molar refractivity (Wildman–Crippen MR) is 71.4 cm³/mol. The highest BCUT2D eigenvalue weighted by Gasteiger charge is 2.41. The first kappa shape index (κ1) is 13.8. The summed E-state index contributed by atoms with van der Waals surface area (Å²) in [5.41, 5.74) is 0.174. The molecule has 1 N–H and O–H groups in total. The highest BCUT2D eigenvalue weighted by atomic mass is 16.5. The van der Waals surface area contributed by atoms with Crippen molar-refractivity contribution >= 4 is 5.91 Å². The molecule has 4 nitrogen and oxygen atoms in total. The van der Waals surface area contributed by atoms with Crippen molar-refractivity contribution in [3.05, 3.63) is 0 Å². The average molecular weight is 254 g/mol. The molecule has 1 heterocycles. The molecule has 104 valence electrons. The monoisotopic (exact) mass is 254 g/mol. The molecule has 2 fully saturated rings. The van der Waals surface area contributed by atoms with Crippen LogP contribution in [-0.2, 0) is 9.53 Å². The number of hydrogen-bond acceptors (Lipinski definition) is 3. The maximum atomic E-state index is 12.6. The number of nitrogens with zero attached hydrogens (tertiary/aromatic N) is 1. The van der Waals surface area contributed by atoms with Gasteiger partial charge in [0.05, 0.1) is 12.7 Å². The number of carbonyl (C=O) groups excluding carboxylic acids is 1. The minimum Gasteiger partial charge on any atom is -0.373 e. The standard InChI is InChI=1S/C14H26N2O2/c1-14(2)6-4-5-12(14)13(17)16-7-8-18-11(10-16)9-15-3/h11-12,15H,4-10H2,1-3H3. The molecule has 2 aliphatic rings. The van der Waals surface area contributed by atoms with Crippen molar-refractivity contribution in [1.29, 1.82) is 0 Å². The molecule has 0 aromatic rings. The Morgan fingerprint density at radius 3 is 2.89 bits per heavy atom. The summed E-state index contributed by atoms with van der Waals surface area (Å²) in [4.78, 5) is 14.6. The Morgan fingerprint density at radius 2 is 2.28 bits per heavy atom. The number of hydrogen-bond donors (Lipinski definition) is 1. The van der Waals surface area contributed by atoms with E-state index in [1.165, 1.54) is 12.8 Å². The van der Waals surface area contributed by atoms with Crippen molar-refractivity contribution in [2.75, 3.05) is 33.3 Å². The fourth-order valence-electron chi connectivity index (χ4n) is 3.28. The number of morpholine rings is 1. The Balaban J connectivity index is 1.96. The van der Waals surface area contributed by atoms with Crippen LogP contribution in [0.1, 0.15) is 33.1 Å². The lowest BCUT2D eigenvalue weighted by Gasteiger charge is -2.37. The van der Waals surface area contributed by atoms with Crippen molar-refractivity contribution in [3.63, 3.8) is 0 Å². The topological polar surface area (TPSA) is 41.6 Å². The first-order valence-corrected chi connectivity index (χ1v) is 7.09. The number of likely N-dealkylation sites (N-methyl/N-ethyl adjacent to an activating group) is 1. The van der Waals surface area contributed by atoms with Crippen LogP contribution in [0.3, 0.4) is 0 Å². The molecule has 1 aliphatic carbocycles. The van der Waals surface area contributed by atoms with Crippen molar-refractivity contribution in [3.8, 4) is 0 Å². The Labute approximate surface area is 110 Å². The van der Waals surface area contributed by atoms with Gasteiger partial charge in [-0.2, -0.15) is 0 Å². The maximum Gasteiger partial charge on any atom is 0.226 e. The van der Waals surface area contributed by atoms with Crippen LogP contribution in [0.15, 0.2) is 0 Å². The molecular formula is C14H26N2O2. The third-order valence-electron chi connectivity index (χ3n) is 4.44. The van der Waals surface area contributed by atoms with Gasteiger partial charge in [0.2, 0.25) is 5.91 Å². The van der Waals surface area contributed by atoms with Crippen molar-refractivity contribution in [2.45, 2.75) is 39.2 Å². The van der Waals surface area contributed by atoms with Crippen molar-refractivity contribution < 1.29 is 9.53 Å². The molecule has 1 saturated heterocycles. The van der Waals surface area contributed by atoms with Crippen LogP contribution in [-0.4, -0.2) is 50.2 Å². The van der Waals surface area contributed by atoms with Crippen LogP contribution in [0.25, 0.3) is 0 Å². The number of rotatable bonds is 3. The molecule has 2 unspecified atom stereocenters. The van der Waals surface area contributed by atoms with Gasteiger partial charge in [-0.25, -0.2) is 0 Å². The van der Waals surface area contributed by atoms with Gasteiger partial charge < -0.3 is 15.0 Å². The quantitative estimate of drug-likeness (QED) is 0.824. The Morgan fingerprint density at radius 1 is 1.50 bits per heavy atom. The van der Waals surface area contributed by atoms with Crippen LogP contribution >= 0.6 is 0 Å². The van der Waals surface area contributed by atoms with Gasteiger partial charge in [0.15, 0.2) is 0 Å². The van der Waals surface area contributed by atoms with Crippen LogP contribution in [0.4, 0.5) is 0 Å². The fraction of sp³-hybridized carbons (Fsp3) is 0.929. The lowest BCUT2D eigenvalue weighted by atomic mass is 9.81. The Hall–Kier alpha value is -0.610. The van der Waals surface area contributed by atoms with Gasteiger partial charge in [0, 0.05) is 25.6 Å². The van der Waals surface area contributed by atoms with Crippen LogP contribution in [0.2, 0.25) is 0 Å². The lowest BCUT2D eigenvalue weighted by molar-refractivity contribution is -0.145. The second kappa shape index (κ2) is 5.57. The first-order valence-electron chi connectivity index (χ1n) is 7.09. The predicted octanol–water partition coefficient (Wildman–Crippen LogP) is 1.26. The summed E-state index contributed by atoms with van der Waals surface area (Å²) in [5.74, 6) is 0.563. The van der Waals surface area contributed by atoms with Gasteiger partial charge >= 0.3 is 0 Å². The van der Waals surface area contributed by atoms with Crippen molar-refractivity contribution in [2.24, 2.45) is 11.3 Å². The third kappa shape index (κ3) is 2.86. The summed E-state index contributed by atoms with van der Waals surface area (Å²) in [6.45, 7) is 7.45. The molecular weight excluding hydrogens is 228 g/mol. The zero-order valence-corrected chi connectivity index (χ0v) is 11.9. The second-order valence-electron chi connectivity index (χ2n) is 6.27. The normalized spacial score (nSPS) is 31.6. The molecule has 2 atom stereocenters. The molecule has 0 radical (unpaired) electrons. The lowest BCUT2D eigenvalue weighted by Crippen LogP contribution is -2.51. The van der Waals surface area contributed by atoms with E-state index >= 15 is 0 Å². The smallest absolute Gasteiger partial charge is 0.226 e. The van der Waals surface area contributed by atoms with Crippen LogP contribution < -0.4 is 5.32 Å². The number of amides is 1. The summed E-state index contributed by atoms with van der Waals surface area (Å²) in [6.07, 6.45) is 3.57. The molecule has 0 spiro atoms. The first-order chi connectivity index (χ1) is 8.54. The van der Waals surface area contributed by atoms with Gasteiger partial charge in [-0.3, -0.25) is 4.79 Å². The van der Waals surface area contributed by atoms with Gasteiger partial charge in [0.1, 0.15) is 0 Å². The molecule has 0 bridgehead atoms. The highest BCUT2D eigenvalue weighted by Crippen LogP contribution is 2.43. The maximum absolute atomic E-state index is 12.6. The summed E-state index contributed by atoms with van der Waals surface area (Å²) in [7, 11) is 1.92. The van der Waals surface area contributed by atoms with E-state index in [1.54, 1.807) is 0 Å². The van der Waals surface area contributed by atoms with Gasteiger partial charge in [-0.1, -0.05) is 20.3 Å². The SMILES string of the molecule is CNCC1CN(C(=O)C2CCCC2(C)C)CCO1.